The monoisotopic (exact) mass is 172 g/mol. The van der Waals surface area contributed by atoms with Crippen LogP contribution in [0.5, 0.6) is 0 Å². The second-order valence-corrected chi connectivity index (χ2v) is 3.11. The summed E-state index contributed by atoms with van der Waals surface area (Å²) in [6, 6.07) is 0.208. The van der Waals surface area contributed by atoms with Gasteiger partial charge in [0.25, 0.3) is 0 Å². The van der Waals surface area contributed by atoms with E-state index < -0.39 is 0 Å². The lowest BCUT2D eigenvalue weighted by Crippen LogP contribution is -2.41. The number of rotatable bonds is 2. The average Bonchev–Trinajstić information content (AvgIpc) is 2.55. The lowest BCUT2D eigenvalue weighted by molar-refractivity contribution is -0.0655. The predicted octanol–water partition coefficient (Wildman–Crippen LogP) is 1.13. The maximum absolute atomic E-state index is 11.2. The van der Waals surface area contributed by atoms with Gasteiger partial charge in [-0.2, -0.15) is 0 Å². The number of nitrogens with one attached hydrogen (secondary N) is 1. The Morgan fingerprint density at radius 1 is 1.50 bits per heavy atom. The first-order chi connectivity index (χ1) is 5.74. The van der Waals surface area contributed by atoms with Gasteiger partial charge in [0.2, 0.25) is 0 Å². The Bertz CT molecular complexity index is 155. The molecule has 4 heteroatoms. The first kappa shape index (κ1) is 9.32. The minimum atomic E-state index is -0.149. The molecule has 12 heavy (non-hydrogen) atoms. The summed E-state index contributed by atoms with van der Waals surface area (Å²) in [4.78, 5) is 16.0. The molecule has 0 saturated heterocycles. The molecule has 0 aromatic rings. The number of amides is 2. The Kier molecular flexibility index (Phi) is 3.34. The van der Waals surface area contributed by atoms with Crippen molar-refractivity contribution in [3.63, 3.8) is 0 Å². The van der Waals surface area contributed by atoms with Crippen LogP contribution in [-0.2, 0) is 4.84 Å². The maximum Gasteiger partial charge on any atom is 0.341 e. The van der Waals surface area contributed by atoms with Gasteiger partial charge in [0, 0.05) is 13.1 Å². The van der Waals surface area contributed by atoms with Gasteiger partial charge in [0.1, 0.15) is 0 Å². The Labute approximate surface area is 72.8 Å². The lowest BCUT2D eigenvalue weighted by Gasteiger charge is -2.18. The van der Waals surface area contributed by atoms with E-state index >= 15 is 0 Å². The zero-order chi connectivity index (χ0) is 8.97. The van der Waals surface area contributed by atoms with Gasteiger partial charge in [-0.1, -0.05) is 12.8 Å². The average molecular weight is 172 g/mol. The van der Waals surface area contributed by atoms with Gasteiger partial charge in [-0.15, -0.1) is 0 Å². The SMILES string of the molecule is CON(C)C(=O)NC1CCCC1. The fourth-order valence-corrected chi connectivity index (χ4v) is 1.42. The number of hydrogen-bond donors (Lipinski definition) is 1. The number of carbonyl (C=O) groups is 1. The molecule has 0 atom stereocenters. The summed E-state index contributed by atoms with van der Waals surface area (Å²) in [5, 5.41) is 4.10. The predicted molar refractivity (Wildman–Crippen MR) is 45.6 cm³/mol. The maximum atomic E-state index is 11.2. The molecule has 2 amide bonds. The number of hydrogen-bond acceptors (Lipinski definition) is 2. The number of urea groups is 1. The molecule has 0 unspecified atom stereocenters. The Morgan fingerprint density at radius 3 is 2.58 bits per heavy atom. The highest BCUT2D eigenvalue weighted by molar-refractivity contribution is 5.73. The smallest absolute Gasteiger partial charge is 0.333 e. The summed E-state index contributed by atoms with van der Waals surface area (Å²) < 4.78 is 0. The first-order valence-electron chi connectivity index (χ1n) is 4.32. The third-order valence-corrected chi connectivity index (χ3v) is 2.24. The molecule has 0 heterocycles. The fraction of sp³-hybridized carbons (Fsp3) is 0.875. The standard InChI is InChI=1S/C8H16N2O2/c1-10(12-2)8(11)9-7-5-3-4-6-7/h7H,3-6H2,1-2H3,(H,9,11). The van der Waals surface area contributed by atoms with E-state index in [4.69, 9.17) is 4.84 Å². The van der Waals surface area contributed by atoms with E-state index in [1.54, 1.807) is 7.05 Å². The van der Waals surface area contributed by atoms with Crippen LogP contribution in [0, 0.1) is 0 Å². The summed E-state index contributed by atoms with van der Waals surface area (Å²) in [6.45, 7) is 0. The van der Waals surface area contributed by atoms with Crippen molar-refractivity contribution in [1.29, 1.82) is 0 Å². The highest BCUT2D eigenvalue weighted by Gasteiger charge is 2.18. The molecule has 0 aliphatic heterocycles. The Balaban J connectivity index is 2.25. The van der Waals surface area contributed by atoms with Crippen LogP contribution in [0.1, 0.15) is 25.7 Å². The van der Waals surface area contributed by atoms with Crippen LogP contribution in [0.15, 0.2) is 0 Å². The summed E-state index contributed by atoms with van der Waals surface area (Å²) >= 11 is 0. The van der Waals surface area contributed by atoms with Crippen molar-refractivity contribution in [1.82, 2.24) is 10.4 Å². The molecule has 0 aromatic heterocycles. The molecule has 0 spiro atoms. The minimum Gasteiger partial charge on any atom is -0.333 e. The van der Waals surface area contributed by atoms with E-state index in [-0.39, 0.29) is 6.03 Å². The third kappa shape index (κ3) is 2.37. The molecular weight excluding hydrogens is 156 g/mol. The van der Waals surface area contributed by atoms with Gasteiger partial charge in [-0.05, 0) is 12.8 Å². The molecule has 1 rings (SSSR count). The fourth-order valence-electron chi connectivity index (χ4n) is 1.42. The molecule has 70 valence electrons. The number of hydroxylamine groups is 2. The van der Waals surface area contributed by atoms with Gasteiger partial charge in [0.15, 0.2) is 0 Å². The van der Waals surface area contributed by atoms with Gasteiger partial charge in [-0.25, -0.2) is 9.86 Å². The van der Waals surface area contributed by atoms with Crippen molar-refractivity contribution in [2.45, 2.75) is 31.7 Å². The zero-order valence-electron chi connectivity index (χ0n) is 7.67. The van der Waals surface area contributed by atoms with Gasteiger partial charge >= 0.3 is 6.03 Å². The normalized spacial score (nSPS) is 17.8. The molecule has 0 aromatic carbocycles. The molecule has 1 fully saturated rings. The lowest BCUT2D eigenvalue weighted by atomic mass is 10.3. The van der Waals surface area contributed by atoms with Crippen molar-refractivity contribution in [2.24, 2.45) is 0 Å². The minimum absolute atomic E-state index is 0.149. The van der Waals surface area contributed by atoms with Crippen LogP contribution < -0.4 is 5.32 Å². The third-order valence-electron chi connectivity index (χ3n) is 2.24. The van der Waals surface area contributed by atoms with Crippen molar-refractivity contribution in [3.8, 4) is 0 Å². The van der Waals surface area contributed by atoms with Gasteiger partial charge in [0.05, 0.1) is 7.11 Å². The van der Waals surface area contributed by atoms with Crippen molar-refractivity contribution >= 4 is 6.03 Å². The summed E-state index contributed by atoms with van der Waals surface area (Å²) in [5.41, 5.74) is 0. The summed E-state index contributed by atoms with van der Waals surface area (Å²) in [7, 11) is 3.08. The summed E-state index contributed by atoms with van der Waals surface area (Å²) in [5.74, 6) is 0. The van der Waals surface area contributed by atoms with Crippen molar-refractivity contribution < 1.29 is 9.63 Å². The van der Waals surface area contributed by atoms with Crippen LogP contribution in [0.3, 0.4) is 0 Å². The molecule has 1 N–H and O–H groups in total. The molecule has 1 aliphatic carbocycles. The molecule has 4 nitrogen and oxygen atoms in total. The van der Waals surface area contributed by atoms with Crippen LogP contribution in [-0.4, -0.2) is 31.3 Å². The second kappa shape index (κ2) is 4.30. The Morgan fingerprint density at radius 2 is 2.08 bits per heavy atom. The second-order valence-electron chi connectivity index (χ2n) is 3.11. The van der Waals surface area contributed by atoms with Gasteiger partial charge in [-0.3, -0.25) is 4.84 Å². The van der Waals surface area contributed by atoms with Crippen LogP contribution in [0.4, 0.5) is 4.79 Å². The summed E-state index contributed by atoms with van der Waals surface area (Å²) in [6.07, 6.45) is 4.65. The molecule has 1 aliphatic rings. The molecular formula is C8H16N2O2. The van der Waals surface area contributed by atoms with Crippen LogP contribution in [0.25, 0.3) is 0 Å². The van der Waals surface area contributed by atoms with E-state index in [1.807, 2.05) is 0 Å². The topological polar surface area (TPSA) is 41.6 Å². The molecule has 1 saturated carbocycles. The van der Waals surface area contributed by atoms with Crippen LogP contribution in [0.2, 0.25) is 0 Å². The van der Waals surface area contributed by atoms with E-state index in [0.717, 1.165) is 12.8 Å². The highest BCUT2D eigenvalue weighted by Crippen LogP contribution is 2.17. The van der Waals surface area contributed by atoms with Crippen LogP contribution >= 0.6 is 0 Å². The quantitative estimate of drug-likeness (QED) is 0.634. The first-order valence-corrected chi connectivity index (χ1v) is 4.32. The zero-order valence-corrected chi connectivity index (χ0v) is 7.67. The van der Waals surface area contributed by atoms with Crippen molar-refractivity contribution in [2.75, 3.05) is 14.2 Å². The van der Waals surface area contributed by atoms with Crippen molar-refractivity contribution in [3.05, 3.63) is 0 Å². The highest BCUT2D eigenvalue weighted by atomic mass is 16.7. The van der Waals surface area contributed by atoms with E-state index in [9.17, 15) is 4.79 Å². The Hall–Kier alpha value is -0.770. The van der Waals surface area contributed by atoms with E-state index in [2.05, 4.69) is 5.32 Å². The molecule has 0 radical (unpaired) electrons. The van der Waals surface area contributed by atoms with E-state index in [0.29, 0.717) is 6.04 Å². The molecule has 0 bridgehead atoms. The number of carbonyl (C=O) groups excluding carboxylic acids is 1. The van der Waals surface area contributed by atoms with E-state index in [1.165, 1.54) is 25.0 Å². The van der Waals surface area contributed by atoms with Gasteiger partial charge < -0.3 is 5.32 Å². The largest absolute Gasteiger partial charge is 0.341 e. The number of nitrogens with zero attached hydrogens (tertiary/aromatic N) is 1.